The molecule has 0 radical (unpaired) electrons. The maximum atomic E-state index is 4.88. The Morgan fingerprint density at radius 1 is 0.543 bits per heavy atom. The van der Waals surface area contributed by atoms with Crippen LogP contribution in [0.5, 0.6) is 0 Å². The number of anilines is 3. The molecule has 0 amide bonds. The average Bonchev–Trinajstić information content (AvgIpc) is 3.46. The molecule has 0 unspecified atom stereocenters. The van der Waals surface area contributed by atoms with Crippen LogP contribution in [0, 0.1) is 0 Å². The molecule has 35 heavy (non-hydrogen) atoms. The van der Waals surface area contributed by atoms with Gasteiger partial charge in [-0.15, -0.1) is 0 Å². The molecule has 3 heterocycles. The highest BCUT2D eigenvalue weighted by Crippen LogP contribution is 2.55. The second-order valence-corrected chi connectivity index (χ2v) is 10.3. The second-order valence-electron chi connectivity index (χ2n) is 10.3. The van der Waals surface area contributed by atoms with E-state index in [1.807, 2.05) is 6.20 Å². The number of aromatic nitrogens is 1. The summed E-state index contributed by atoms with van der Waals surface area (Å²) in [5.74, 6) is 1.10. The summed E-state index contributed by atoms with van der Waals surface area (Å²) in [6, 6.07) is 29.5. The van der Waals surface area contributed by atoms with Gasteiger partial charge in [0.25, 0.3) is 0 Å². The summed E-state index contributed by atoms with van der Waals surface area (Å²) in [5.41, 5.74) is 20.1. The molecule has 164 valence electrons. The van der Waals surface area contributed by atoms with Crippen molar-refractivity contribution in [3.8, 4) is 22.3 Å². The first-order valence-corrected chi connectivity index (χ1v) is 12.6. The van der Waals surface area contributed by atoms with Crippen molar-refractivity contribution in [1.82, 2.24) is 4.98 Å². The first-order chi connectivity index (χ1) is 17.3. The van der Waals surface area contributed by atoms with Gasteiger partial charge in [0.2, 0.25) is 0 Å². The van der Waals surface area contributed by atoms with E-state index in [-0.39, 0.29) is 0 Å². The van der Waals surface area contributed by atoms with E-state index in [1.165, 1.54) is 78.1 Å². The topological polar surface area (TPSA) is 16.1 Å². The fraction of sp³-hybridized carbons (Fsp3) is 0.121. The summed E-state index contributed by atoms with van der Waals surface area (Å²) in [4.78, 5) is 7.33. The molecule has 1 aromatic heterocycles. The quantitative estimate of drug-likeness (QED) is 0.240. The van der Waals surface area contributed by atoms with E-state index in [4.69, 9.17) is 4.98 Å². The van der Waals surface area contributed by atoms with Crippen LogP contribution < -0.4 is 4.90 Å². The Labute approximate surface area is 204 Å². The number of hydrogen-bond acceptors (Lipinski definition) is 2. The molecular weight excluding hydrogens is 424 g/mol. The van der Waals surface area contributed by atoms with Gasteiger partial charge in [0.05, 0.1) is 11.4 Å². The molecule has 0 spiro atoms. The maximum Gasteiger partial charge on any atom is 0.141 e. The Hall–Kier alpha value is -4.17. The minimum atomic E-state index is 0.958. The van der Waals surface area contributed by atoms with Crippen LogP contribution in [-0.2, 0) is 25.7 Å². The lowest BCUT2D eigenvalue weighted by molar-refractivity contribution is 0.968. The maximum absolute atomic E-state index is 4.88. The lowest BCUT2D eigenvalue weighted by Crippen LogP contribution is -2.26. The average molecular weight is 447 g/mol. The van der Waals surface area contributed by atoms with E-state index in [0.29, 0.717) is 0 Å². The van der Waals surface area contributed by atoms with E-state index in [9.17, 15) is 0 Å². The van der Waals surface area contributed by atoms with Gasteiger partial charge in [0, 0.05) is 19.0 Å². The van der Waals surface area contributed by atoms with Crippen molar-refractivity contribution in [2.45, 2.75) is 25.7 Å². The molecule has 0 bridgehead atoms. The number of nitrogens with zero attached hydrogens (tertiary/aromatic N) is 2. The molecule has 4 aliphatic rings. The lowest BCUT2D eigenvalue weighted by atomic mass is 9.83. The van der Waals surface area contributed by atoms with Crippen molar-refractivity contribution in [3.63, 3.8) is 0 Å². The molecule has 2 nitrogen and oxygen atoms in total. The first-order valence-electron chi connectivity index (χ1n) is 12.6. The highest BCUT2D eigenvalue weighted by Gasteiger charge is 2.37. The van der Waals surface area contributed by atoms with E-state index in [1.54, 1.807) is 0 Å². The fourth-order valence-electron chi connectivity index (χ4n) is 7.17. The number of fused-ring (bicyclic) bond motifs is 12. The molecule has 9 rings (SSSR count). The summed E-state index contributed by atoms with van der Waals surface area (Å²) in [6.45, 7) is 0. The van der Waals surface area contributed by atoms with Crippen molar-refractivity contribution in [2.75, 3.05) is 4.90 Å². The van der Waals surface area contributed by atoms with Gasteiger partial charge in [0.15, 0.2) is 0 Å². The summed E-state index contributed by atoms with van der Waals surface area (Å²) >= 11 is 0. The smallest absolute Gasteiger partial charge is 0.141 e. The molecule has 0 atom stereocenters. The number of para-hydroxylation sites is 1. The van der Waals surface area contributed by atoms with Gasteiger partial charge in [-0.1, -0.05) is 60.7 Å². The lowest BCUT2D eigenvalue weighted by Gasteiger charge is -2.39. The largest absolute Gasteiger partial charge is 0.294 e. The number of rotatable bonds is 0. The highest BCUT2D eigenvalue weighted by atomic mass is 15.2. The minimum Gasteiger partial charge on any atom is -0.294 e. The van der Waals surface area contributed by atoms with Crippen molar-refractivity contribution in [1.29, 1.82) is 0 Å². The zero-order valence-electron chi connectivity index (χ0n) is 19.3. The zero-order chi connectivity index (χ0) is 22.7. The van der Waals surface area contributed by atoms with Crippen molar-refractivity contribution < 1.29 is 0 Å². The van der Waals surface area contributed by atoms with Crippen molar-refractivity contribution in [3.05, 3.63) is 130 Å². The summed E-state index contributed by atoms with van der Waals surface area (Å²) < 4.78 is 0. The summed E-state index contributed by atoms with van der Waals surface area (Å²) in [7, 11) is 0. The zero-order valence-corrected chi connectivity index (χ0v) is 19.3. The molecule has 0 saturated carbocycles. The van der Waals surface area contributed by atoms with Gasteiger partial charge in [0.1, 0.15) is 5.82 Å². The summed E-state index contributed by atoms with van der Waals surface area (Å²) in [5, 5.41) is 0. The van der Waals surface area contributed by atoms with Crippen LogP contribution in [0.15, 0.2) is 85.1 Å². The van der Waals surface area contributed by atoms with Crippen LogP contribution >= 0.6 is 0 Å². The molecule has 0 N–H and O–H groups in total. The SMILES string of the molecule is c1ccc2c(c1)Cc1ccc3c(c1-2)Cc1c-3cc2c3c1Cc1cccnc1N3c1ccccc1C2. The molecule has 0 fully saturated rings. The summed E-state index contributed by atoms with van der Waals surface area (Å²) in [6.07, 6.45) is 5.95. The Balaban J connectivity index is 1.32. The monoisotopic (exact) mass is 446 g/mol. The van der Waals surface area contributed by atoms with Gasteiger partial charge in [-0.2, -0.15) is 0 Å². The number of benzene rings is 4. The van der Waals surface area contributed by atoms with Gasteiger partial charge in [-0.05, 0) is 97.8 Å². The molecule has 0 saturated heterocycles. The highest BCUT2D eigenvalue weighted by molar-refractivity contribution is 5.95. The fourth-order valence-corrected chi connectivity index (χ4v) is 7.17. The third-order valence-corrected chi connectivity index (χ3v) is 8.59. The molecule has 5 aromatic rings. The third kappa shape index (κ3) is 2.23. The van der Waals surface area contributed by atoms with Crippen LogP contribution in [0.3, 0.4) is 0 Å². The van der Waals surface area contributed by atoms with E-state index in [0.717, 1.165) is 31.5 Å². The first kappa shape index (κ1) is 18.2. The minimum absolute atomic E-state index is 0.958. The predicted molar refractivity (Wildman–Crippen MR) is 141 cm³/mol. The Morgan fingerprint density at radius 3 is 2.34 bits per heavy atom. The Morgan fingerprint density at radius 2 is 1.37 bits per heavy atom. The van der Waals surface area contributed by atoms with E-state index < -0.39 is 0 Å². The molecule has 2 aliphatic heterocycles. The second kappa shape index (κ2) is 6.28. The van der Waals surface area contributed by atoms with Gasteiger partial charge in [-0.3, -0.25) is 4.90 Å². The molecule has 4 aromatic carbocycles. The van der Waals surface area contributed by atoms with Crippen LogP contribution in [0.25, 0.3) is 22.3 Å². The standard InChI is InChI=1S/C33H22N2/c1-3-9-24-19(6-1)14-21-11-12-25-26-17-23-15-20-7-2-4-10-30(20)35-32(23)29(27(26)18-28(25)31(21)24)16-22-8-5-13-34-33(22)35/h1-13,17H,14-16,18H2. The molecule has 2 heteroatoms. The van der Waals surface area contributed by atoms with Crippen LogP contribution in [-0.4, -0.2) is 4.98 Å². The predicted octanol–water partition coefficient (Wildman–Crippen LogP) is 7.50. The Bertz CT molecular complexity index is 1750. The number of hydrogen-bond donors (Lipinski definition) is 0. The van der Waals surface area contributed by atoms with Crippen molar-refractivity contribution >= 4 is 17.2 Å². The van der Waals surface area contributed by atoms with Crippen molar-refractivity contribution in [2.24, 2.45) is 0 Å². The normalized spacial score (nSPS) is 14.9. The molecular formula is C33H22N2. The van der Waals surface area contributed by atoms with Crippen LogP contribution in [0.4, 0.5) is 17.2 Å². The van der Waals surface area contributed by atoms with Gasteiger partial charge >= 0.3 is 0 Å². The van der Waals surface area contributed by atoms with Crippen LogP contribution in [0.2, 0.25) is 0 Å². The Kier molecular flexibility index (Phi) is 3.27. The van der Waals surface area contributed by atoms with E-state index in [2.05, 4.69) is 83.8 Å². The van der Waals surface area contributed by atoms with Gasteiger partial charge < -0.3 is 0 Å². The number of pyridine rings is 1. The van der Waals surface area contributed by atoms with Crippen LogP contribution in [0.1, 0.15) is 44.5 Å². The molecule has 2 aliphatic carbocycles. The third-order valence-electron chi connectivity index (χ3n) is 8.59. The van der Waals surface area contributed by atoms with E-state index >= 15 is 0 Å². The van der Waals surface area contributed by atoms with Gasteiger partial charge in [-0.25, -0.2) is 4.98 Å².